The van der Waals surface area contributed by atoms with Gasteiger partial charge in [-0.25, -0.2) is 4.98 Å². The van der Waals surface area contributed by atoms with Gasteiger partial charge in [-0.2, -0.15) is 0 Å². The van der Waals surface area contributed by atoms with Gasteiger partial charge in [-0.3, -0.25) is 9.80 Å². The van der Waals surface area contributed by atoms with Crippen molar-refractivity contribution in [3.8, 4) is 22.8 Å². The highest BCUT2D eigenvalue weighted by molar-refractivity contribution is 9.10. The Bertz CT molecular complexity index is 1120. The summed E-state index contributed by atoms with van der Waals surface area (Å²) in [5.41, 5.74) is 3.94. The molecule has 0 atom stereocenters. The lowest BCUT2D eigenvalue weighted by Gasteiger charge is -2.37. The van der Waals surface area contributed by atoms with Crippen molar-refractivity contribution in [2.45, 2.75) is 0 Å². The van der Waals surface area contributed by atoms with Gasteiger partial charge in [0.2, 0.25) is 0 Å². The summed E-state index contributed by atoms with van der Waals surface area (Å²) in [6.07, 6.45) is 4.14. The number of hydrogen-bond donors (Lipinski definition) is 0. The summed E-state index contributed by atoms with van der Waals surface area (Å²) in [5.74, 6) is 1.47. The lowest BCUT2D eigenvalue weighted by Crippen LogP contribution is -2.49. The number of rotatable bonds is 7. The van der Waals surface area contributed by atoms with E-state index in [1.54, 1.807) is 14.2 Å². The minimum Gasteiger partial charge on any atom is -0.496 e. The minimum absolute atomic E-state index is 0.732. The van der Waals surface area contributed by atoms with Gasteiger partial charge in [0.05, 0.1) is 37.6 Å². The molecule has 2 saturated heterocycles. The summed E-state index contributed by atoms with van der Waals surface area (Å²) < 4.78 is 19.4. The van der Waals surface area contributed by atoms with Crippen LogP contribution in [0.15, 0.2) is 41.1 Å². The number of pyridine rings is 1. The highest BCUT2D eigenvalue weighted by atomic mass is 79.9. The fourth-order valence-electron chi connectivity index (χ4n) is 4.70. The summed E-state index contributed by atoms with van der Waals surface area (Å²) in [6, 6.07) is 8.24. The topological polar surface area (TPSA) is 54.7 Å². The Morgan fingerprint density at radius 2 is 1.62 bits per heavy atom. The molecule has 0 bridgehead atoms. The van der Waals surface area contributed by atoms with Crippen LogP contribution in [0.2, 0.25) is 0 Å². The molecule has 34 heavy (non-hydrogen) atoms. The van der Waals surface area contributed by atoms with Crippen molar-refractivity contribution in [3.63, 3.8) is 0 Å². The average Bonchev–Trinajstić information content (AvgIpc) is 3.31. The minimum atomic E-state index is 0.732. The number of nitrogens with zero attached hydrogens (tertiary/aromatic N) is 5. The molecule has 2 aliphatic heterocycles. The van der Waals surface area contributed by atoms with E-state index in [1.807, 2.05) is 18.3 Å². The van der Waals surface area contributed by atoms with E-state index in [-0.39, 0.29) is 0 Å². The summed E-state index contributed by atoms with van der Waals surface area (Å²) >= 11 is 3.58. The third kappa shape index (κ3) is 5.02. The standard InChI is InChI=1S/C25H32BrN5O3/c1-32-23-17-24(33-2)21(26)16-20(23)22-18-31-4-3-19(15-25(31)27-22)30-9-7-28(8-10-30)5-6-29-11-13-34-14-12-29/h3-4,15-18H,5-14H2,1-2H3. The number of hydrogen-bond acceptors (Lipinski definition) is 7. The Morgan fingerprint density at radius 3 is 2.32 bits per heavy atom. The van der Waals surface area contributed by atoms with Crippen LogP contribution in [-0.4, -0.2) is 99.0 Å². The largest absolute Gasteiger partial charge is 0.496 e. The number of imidazole rings is 1. The number of halogens is 1. The fraction of sp³-hybridized carbons (Fsp3) is 0.480. The lowest BCUT2D eigenvalue weighted by molar-refractivity contribution is 0.0331. The quantitative estimate of drug-likeness (QED) is 0.465. The molecule has 2 aromatic heterocycles. The van der Waals surface area contributed by atoms with E-state index in [0.717, 1.165) is 98.4 Å². The number of fused-ring (bicyclic) bond motifs is 1. The van der Waals surface area contributed by atoms with E-state index >= 15 is 0 Å². The number of anilines is 1. The Hall–Kier alpha value is -2.33. The van der Waals surface area contributed by atoms with Crippen LogP contribution in [0.3, 0.4) is 0 Å². The van der Waals surface area contributed by atoms with Crippen LogP contribution in [0.4, 0.5) is 5.69 Å². The fourth-order valence-corrected chi connectivity index (χ4v) is 5.20. The van der Waals surface area contributed by atoms with Gasteiger partial charge < -0.3 is 23.5 Å². The first-order chi connectivity index (χ1) is 16.6. The molecule has 0 radical (unpaired) electrons. The third-order valence-electron chi connectivity index (χ3n) is 6.77. The van der Waals surface area contributed by atoms with Crippen molar-refractivity contribution in [1.82, 2.24) is 19.2 Å². The van der Waals surface area contributed by atoms with Crippen LogP contribution in [-0.2, 0) is 4.74 Å². The number of ether oxygens (including phenoxy) is 3. The van der Waals surface area contributed by atoms with E-state index in [2.05, 4.69) is 53.4 Å². The maximum Gasteiger partial charge on any atom is 0.139 e. The maximum absolute atomic E-state index is 5.61. The molecule has 8 nitrogen and oxygen atoms in total. The zero-order chi connectivity index (χ0) is 23.5. The van der Waals surface area contributed by atoms with Gasteiger partial charge in [-0.05, 0) is 28.1 Å². The molecule has 0 saturated carbocycles. The normalized spacial score (nSPS) is 17.9. The molecule has 1 aromatic carbocycles. The number of morpholine rings is 1. The molecule has 0 aliphatic carbocycles. The second kappa shape index (κ2) is 10.5. The predicted molar refractivity (Wildman–Crippen MR) is 137 cm³/mol. The maximum atomic E-state index is 5.61. The molecule has 9 heteroatoms. The second-order valence-electron chi connectivity index (χ2n) is 8.75. The van der Waals surface area contributed by atoms with Gasteiger partial charge in [0.15, 0.2) is 0 Å². The number of piperazine rings is 1. The monoisotopic (exact) mass is 529 g/mol. The first-order valence-electron chi connectivity index (χ1n) is 11.8. The van der Waals surface area contributed by atoms with Crippen molar-refractivity contribution in [2.24, 2.45) is 0 Å². The van der Waals surface area contributed by atoms with Gasteiger partial charge in [-0.15, -0.1) is 0 Å². The van der Waals surface area contributed by atoms with Crippen LogP contribution < -0.4 is 14.4 Å². The van der Waals surface area contributed by atoms with Crippen LogP contribution in [0.5, 0.6) is 11.5 Å². The molecular weight excluding hydrogens is 498 g/mol. The SMILES string of the molecule is COc1cc(OC)c(-c2cn3ccc(N4CCN(CCN5CCOCC5)CC4)cc3n2)cc1Br. The highest BCUT2D eigenvalue weighted by Gasteiger charge is 2.20. The Morgan fingerprint density at radius 1 is 0.912 bits per heavy atom. The first-order valence-corrected chi connectivity index (χ1v) is 12.6. The summed E-state index contributed by atoms with van der Waals surface area (Å²) in [6.45, 7) is 10.4. The van der Waals surface area contributed by atoms with Crippen molar-refractivity contribution >= 4 is 27.3 Å². The predicted octanol–water partition coefficient (Wildman–Crippen LogP) is 3.24. The molecule has 4 heterocycles. The molecule has 3 aromatic rings. The van der Waals surface area contributed by atoms with Gasteiger partial charge in [0.1, 0.15) is 17.1 Å². The third-order valence-corrected chi connectivity index (χ3v) is 7.39. The Kier molecular flexibility index (Phi) is 7.24. The van der Waals surface area contributed by atoms with Gasteiger partial charge in [0, 0.05) is 88.1 Å². The summed E-state index contributed by atoms with van der Waals surface area (Å²) in [5, 5.41) is 0. The lowest BCUT2D eigenvalue weighted by atomic mass is 10.1. The van der Waals surface area contributed by atoms with Crippen LogP contribution >= 0.6 is 15.9 Å². The zero-order valence-corrected chi connectivity index (χ0v) is 21.5. The van der Waals surface area contributed by atoms with E-state index in [0.29, 0.717) is 0 Å². The van der Waals surface area contributed by atoms with Gasteiger partial charge in [0.25, 0.3) is 0 Å². The van der Waals surface area contributed by atoms with Crippen LogP contribution in [0.25, 0.3) is 16.9 Å². The van der Waals surface area contributed by atoms with Gasteiger partial charge in [-0.1, -0.05) is 0 Å². The van der Waals surface area contributed by atoms with Crippen LogP contribution in [0, 0.1) is 0 Å². The molecule has 2 aliphatic rings. The smallest absolute Gasteiger partial charge is 0.139 e. The molecule has 0 spiro atoms. The average molecular weight is 530 g/mol. The summed E-state index contributed by atoms with van der Waals surface area (Å²) in [4.78, 5) is 12.5. The molecule has 5 rings (SSSR count). The molecular formula is C25H32BrN5O3. The van der Waals surface area contributed by atoms with E-state index in [1.165, 1.54) is 5.69 Å². The Balaban J connectivity index is 1.26. The van der Waals surface area contributed by atoms with Gasteiger partial charge >= 0.3 is 0 Å². The Labute approximate surface area is 209 Å². The molecule has 0 amide bonds. The van der Waals surface area contributed by atoms with E-state index in [9.17, 15) is 0 Å². The van der Waals surface area contributed by atoms with Crippen LogP contribution in [0.1, 0.15) is 0 Å². The molecule has 0 N–H and O–H groups in total. The van der Waals surface area contributed by atoms with Crippen molar-refractivity contribution in [3.05, 3.63) is 41.1 Å². The first kappa shape index (κ1) is 23.4. The zero-order valence-electron chi connectivity index (χ0n) is 19.9. The second-order valence-corrected chi connectivity index (χ2v) is 9.60. The van der Waals surface area contributed by atoms with E-state index < -0.39 is 0 Å². The molecule has 0 unspecified atom stereocenters. The van der Waals surface area contributed by atoms with Crippen molar-refractivity contribution in [1.29, 1.82) is 0 Å². The van der Waals surface area contributed by atoms with E-state index in [4.69, 9.17) is 19.2 Å². The molecule has 182 valence electrons. The summed E-state index contributed by atoms with van der Waals surface area (Å²) in [7, 11) is 3.32. The highest BCUT2D eigenvalue weighted by Crippen LogP contribution is 2.38. The van der Waals surface area contributed by atoms with Crippen molar-refractivity contribution in [2.75, 3.05) is 84.7 Å². The molecule has 2 fully saturated rings. The number of benzene rings is 1. The number of methoxy groups -OCH3 is 2. The van der Waals surface area contributed by atoms with Crippen molar-refractivity contribution < 1.29 is 14.2 Å². The number of aromatic nitrogens is 2.